The predicted octanol–water partition coefficient (Wildman–Crippen LogP) is 2.26. The normalized spacial score (nSPS) is 20.7. The minimum Gasteiger partial charge on any atom is -0.491 e. The Hall–Kier alpha value is -0.800. The van der Waals surface area contributed by atoms with E-state index in [1.165, 1.54) is 12.1 Å². The number of fused-ring (bicyclic) bond motifs is 1. The van der Waals surface area contributed by atoms with Gasteiger partial charge in [0.2, 0.25) is 0 Å². The minimum absolute atomic E-state index is 0.303. The lowest BCUT2D eigenvalue weighted by molar-refractivity contribution is 0.264. The molecule has 2 nitrogen and oxygen atoms in total. The zero-order valence-corrected chi connectivity index (χ0v) is 7.64. The highest BCUT2D eigenvalue weighted by Gasteiger charge is 2.23. The summed E-state index contributed by atoms with van der Waals surface area (Å²) in [4.78, 5) is 0. The molecule has 0 saturated heterocycles. The molecule has 1 aromatic rings. The van der Waals surface area contributed by atoms with Crippen molar-refractivity contribution in [2.24, 2.45) is 5.73 Å². The summed E-state index contributed by atoms with van der Waals surface area (Å²) in [5.74, 6) is 0.0621. The van der Waals surface area contributed by atoms with Crippen LogP contribution in [-0.2, 0) is 0 Å². The molecule has 70 valence electrons. The Labute approximate surface area is 80.4 Å². The van der Waals surface area contributed by atoms with E-state index in [1.807, 2.05) is 0 Å². The maximum atomic E-state index is 13.3. The summed E-state index contributed by atoms with van der Waals surface area (Å²) in [6, 6.07) is 2.49. The van der Waals surface area contributed by atoms with Crippen LogP contribution in [0.4, 0.5) is 4.39 Å². The second-order valence-corrected chi connectivity index (χ2v) is 3.42. The van der Waals surface area contributed by atoms with E-state index in [0.717, 1.165) is 0 Å². The van der Waals surface area contributed by atoms with E-state index in [4.69, 9.17) is 22.1 Å². The molecule has 0 bridgehead atoms. The lowest BCUT2D eigenvalue weighted by atomic mass is 10.0. The van der Waals surface area contributed by atoms with Crippen molar-refractivity contribution in [3.8, 4) is 5.75 Å². The number of rotatable bonds is 0. The monoisotopic (exact) mass is 201 g/mol. The molecule has 0 unspecified atom stereocenters. The van der Waals surface area contributed by atoms with Crippen LogP contribution in [0.25, 0.3) is 0 Å². The van der Waals surface area contributed by atoms with Gasteiger partial charge in [0.1, 0.15) is 11.6 Å². The van der Waals surface area contributed by atoms with Crippen molar-refractivity contribution in [2.45, 2.75) is 12.5 Å². The van der Waals surface area contributed by atoms with Crippen LogP contribution in [0.5, 0.6) is 5.75 Å². The summed E-state index contributed by atoms with van der Waals surface area (Å²) >= 11 is 5.83. The molecule has 1 atom stereocenters. The maximum Gasteiger partial charge on any atom is 0.145 e. The zero-order valence-electron chi connectivity index (χ0n) is 6.89. The van der Waals surface area contributed by atoms with Crippen LogP contribution in [0.15, 0.2) is 12.1 Å². The minimum atomic E-state index is -0.341. The van der Waals surface area contributed by atoms with Gasteiger partial charge in [-0.1, -0.05) is 11.6 Å². The highest BCUT2D eigenvalue weighted by molar-refractivity contribution is 6.32. The lowest BCUT2D eigenvalue weighted by Crippen LogP contribution is -2.22. The molecule has 0 spiro atoms. The fourth-order valence-electron chi connectivity index (χ4n) is 1.47. The molecule has 4 heteroatoms. The third-order valence-electron chi connectivity index (χ3n) is 2.14. The highest BCUT2D eigenvalue weighted by atomic mass is 35.5. The molecule has 1 heterocycles. The third-order valence-corrected chi connectivity index (χ3v) is 2.44. The SMILES string of the molecule is N[C@H]1CCOc2c(Cl)ccc(F)c21. The van der Waals surface area contributed by atoms with Crippen LogP contribution < -0.4 is 10.5 Å². The summed E-state index contributed by atoms with van der Waals surface area (Å²) in [7, 11) is 0. The van der Waals surface area contributed by atoms with Gasteiger partial charge in [0, 0.05) is 18.0 Å². The van der Waals surface area contributed by atoms with E-state index in [1.54, 1.807) is 0 Å². The van der Waals surface area contributed by atoms with Crippen LogP contribution >= 0.6 is 11.6 Å². The highest BCUT2D eigenvalue weighted by Crippen LogP contribution is 2.38. The van der Waals surface area contributed by atoms with Gasteiger partial charge in [-0.3, -0.25) is 0 Å². The molecule has 0 aliphatic carbocycles. The average Bonchev–Trinajstić information content (AvgIpc) is 2.12. The third kappa shape index (κ3) is 1.38. The standard InChI is InChI=1S/C9H9ClFNO/c10-5-1-2-6(11)8-7(12)3-4-13-9(5)8/h1-2,7H,3-4,12H2/t7-/m0/s1. The molecular weight excluding hydrogens is 193 g/mol. The first-order chi connectivity index (χ1) is 6.20. The van der Waals surface area contributed by atoms with Crippen molar-refractivity contribution >= 4 is 11.6 Å². The second-order valence-electron chi connectivity index (χ2n) is 3.02. The van der Waals surface area contributed by atoms with E-state index in [0.29, 0.717) is 29.4 Å². The van der Waals surface area contributed by atoms with Crippen molar-refractivity contribution < 1.29 is 9.13 Å². The smallest absolute Gasteiger partial charge is 0.145 e. The molecular formula is C9H9ClFNO. The summed E-state index contributed by atoms with van der Waals surface area (Å²) < 4.78 is 18.5. The van der Waals surface area contributed by atoms with E-state index < -0.39 is 0 Å². The first-order valence-corrected chi connectivity index (χ1v) is 4.44. The maximum absolute atomic E-state index is 13.3. The number of ether oxygens (including phenoxy) is 1. The lowest BCUT2D eigenvalue weighted by Gasteiger charge is -2.23. The molecule has 0 radical (unpaired) electrons. The Morgan fingerprint density at radius 2 is 2.31 bits per heavy atom. The van der Waals surface area contributed by atoms with Crippen LogP contribution in [0.2, 0.25) is 5.02 Å². The summed E-state index contributed by atoms with van der Waals surface area (Å²) in [6.07, 6.45) is 0.629. The Morgan fingerprint density at radius 1 is 1.54 bits per heavy atom. The van der Waals surface area contributed by atoms with Gasteiger partial charge in [-0.25, -0.2) is 4.39 Å². The summed E-state index contributed by atoms with van der Waals surface area (Å²) in [5.41, 5.74) is 6.14. The largest absolute Gasteiger partial charge is 0.491 e. The van der Waals surface area contributed by atoms with Crippen LogP contribution in [-0.4, -0.2) is 6.61 Å². The molecule has 0 amide bonds. The van der Waals surface area contributed by atoms with E-state index >= 15 is 0 Å². The van der Waals surface area contributed by atoms with Gasteiger partial charge in [-0.2, -0.15) is 0 Å². The number of hydrogen-bond acceptors (Lipinski definition) is 2. The average molecular weight is 202 g/mol. The topological polar surface area (TPSA) is 35.2 Å². The van der Waals surface area contributed by atoms with E-state index in [-0.39, 0.29) is 11.9 Å². The molecule has 2 N–H and O–H groups in total. The number of halogens is 2. The molecule has 1 aliphatic rings. The second kappa shape index (κ2) is 3.16. The van der Waals surface area contributed by atoms with Crippen molar-refractivity contribution in [1.29, 1.82) is 0 Å². The molecule has 0 saturated carbocycles. The zero-order chi connectivity index (χ0) is 9.42. The van der Waals surface area contributed by atoms with Crippen molar-refractivity contribution in [1.82, 2.24) is 0 Å². The molecule has 0 fully saturated rings. The fourth-order valence-corrected chi connectivity index (χ4v) is 1.69. The van der Waals surface area contributed by atoms with Crippen LogP contribution in [0.1, 0.15) is 18.0 Å². The fraction of sp³-hybridized carbons (Fsp3) is 0.333. The van der Waals surface area contributed by atoms with E-state index in [2.05, 4.69) is 0 Å². The van der Waals surface area contributed by atoms with Gasteiger partial charge in [-0.15, -0.1) is 0 Å². The first kappa shape index (κ1) is 8.78. The van der Waals surface area contributed by atoms with Crippen LogP contribution in [0, 0.1) is 5.82 Å². The molecule has 1 aromatic carbocycles. The van der Waals surface area contributed by atoms with E-state index in [9.17, 15) is 4.39 Å². The molecule has 2 rings (SSSR count). The number of hydrogen-bond donors (Lipinski definition) is 1. The molecule has 1 aliphatic heterocycles. The molecule has 13 heavy (non-hydrogen) atoms. The van der Waals surface area contributed by atoms with Gasteiger partial charge in [0.05, 0.1) is 11.6 Å². The van der Waals surface area contributed by atoms with Gasteiger partial charge in [-0.05, 0) is 12.1 Å². The van der Waals surface area contributed by atoms with Crippen molar-refractivity contribution in [3.05, 3.63) is 28.5 Å². The number of benzene rings is 1. The quantitative estimate of drug-likeness (QED) is 0.699. The van der Waals surface area contributed by atoms with Gasteiger partial charge in [0.15, 0.2) is 0 Å². The predicted molar refractivity (Wildman–Crippen MR) is 48.5 cm³/mol. The Bertz CT molecular complexity index is 343. The van der Waals surface area contributed by atoms with Crippen molar-refractivity contribution in [3.63, 3.8) is 0 Å². The Kier molecular flexibility index (Phi) is 2.14. The Balaban J connectivity index is 2.60. The van der Waals surface area contributed by atoms with Crippen LogP contribution in [0.3, 0.4) is 0 Å². The van der Waals surface area contributed by atoms with Crippen molar-refractivity contribution in [2.75, 3.05) is 6.61 Å². The summed E-state index contributed by atoms with van der Waals surface area (Å²) in [5, 5.41) is 0.423. The van der Waals surface area contributed by atoms with Gasteiger partial charge >= 0.3 is 0 Å². The summed E-state index contributed by atoms with van der Waals surface area (Å²) in [6.45, 7) is 0.497. The number of nitrogens with two attached hydrogens (primary N) is 1. The van der Waals surface area contributed by atoms with Gasteiger partial charge in [0.25, 0.3) is 0 Å². The first-order valence-electron chi connectivity index (χ1n) is 4.06. The molecule has 0 aromatic heterocycles. The van der Waals surface area contributed by atoms with Gasteiger partial charge < -0.3 is 10.5 Å². The Morgan fingerprint density at radius 3 is 3.00 bits per heavy atom.